The van der Waals surface area contributed by atoms with E-state index in [-0.39, 0.29) is 28.5 Å². The predicted molar refractivity (Wildman–Crippen MR) is 138 cm³/mol. The van der Waals surface area contributed by atoms with Crippen LogP contribution in [0.25, 0.3) is 0 Å². The molecule has 1 heterocycles. The van der Waals surface area contributed by atoms with Crippen LogP contribution in [0.2, 0.25) is 5.02 Å². The fourth-order valence-electron chi connectivity index (χ4n) is 3.89. The number of amides is 1. The highest BCUT2D eigenvalue weighted by atomic mass is 35.5. The molecule has 37 heavy (non-hydrogen) atoms. The Morgan fingerprint density at radius 2 is 1.68 bits per heavy atom. The number of carbonyl (C=O) groups excluding carboxylic acids is 1. The van der Waals surface area contributed by atoms with Crippen molar-refractivity contribution in [1.29, 1.82) is 0 Å². The number of rotatable bonds is 7. The number of nitrogens with one attached hydrogen (secondary N) is 1. The third-order valence-electron chi connectivity index (χ3n) is 5.56. The van der Waals surface area contributed by atoms with Crippen LogP contribution in [0.3, 0.4) is 0 Å². The maximum Gasteiger partial charge on any atom is 0.255 e. The average Bonchev–Trinajstić information content (AvgIpc) is 3.10. The van der Waals surface area contributed by atoms with E-state index in [1.807, 2.05) is 32.0 Å². The van der Waals surface area contributed by atoms with Gasteiger partial charge in [-0.1, -0.05) is 35.9 Å². The summed E-state index contributed by atoms with van der Waals surface area (Å²) in [6, 6.07) is 13.8. The molecule has 1 aliphatic heterocycles. The van der Waals surface area contributed by atoms with Gasteiger partial charge in [0, 0.05) is 17.5 Å². The van der Waals surface area contributed by atoms with Crippen molar-refractivity contribution < 1.29 is 31.1 Å². The Kier molecular flexibility index (Phi) is 6.99. The fraction of sp³-hybridized carbons (Fsp3) is 0.208. The highest BCUT2D eigenvalue weighted by Gasteiger charge is 2.32. The second-order valence-electron chi connectivity index (χ2n) is 9.09. The summed E-state index contributed by atoms with van der Waals surface area (Å²) in [4.78, 5) is 11.5. The van der Waals surface area contributed by atoms with Crippen LogP contribution < -0.4 is 25.1 Å². The Morgan fingerprint density at radius 1 is 1.03 bits per heavy atom. The van der Waals surface area contributed by atoms with E-state index in [1.165, 1.54) is 12.1 Å². The summed E-state index contributed by atoms with van der Waals surface area (Å²) in [5.41, 5.74) is 1.45. The molecular weight excluding hydrogens is 542 g/mol. The summed E-state index contributed by atoms with van der Waals surface area (Å²) in [7, 11) is -8.77. The van der Waals surface area contributed by atoms with Gasteiger partial charge in [-0.2, -0.15) is 0 Å². The predicted octanol–water partition coefficient (Wildman–Crippen LogP) is 3.18. The number of primary sulfonamides is 2. The zero-order valence-corrected chi connectivity index (χ0v) is 22.2. The molecule has 13 heteroatoms. The van der Waals surface area contributed by atoms with E-state index in [2.05, 4.69) is 5.32 Å². The highest BCUT2D eigenvalue weighted by Crippen LogP contribution is 2.42. The van der Waals surface area contributed by atoms with Crippen molar-refractivity contribution in [2.75, 3.05) is 5.32 Å². The molecule has 3 aromatic rings. The highest BCUT2D eigenvalue weighted by molar-refractivity contribution is 7.90. The summed E-state index contributed by atoms with van der Waals surface area (Å²) in [5.74, 6) is 0.676. The molecule has 0 unspecified atom stereocenters. The van der Waals surface area contributed by atoms with Crippen molar-refractivity contribution >= 4 is 43.2 Å². The molecule has 1 amide bonds. The fourth-order valence-corrected chi connectivity index (χ4v) is 5.77. The number of ether oxygens (including phenoxy) is 2. The number of carbonyl (C=O) groups is 1. The minimum Gasteiger partial charge on any atom is -0.485 e. The molecular formula is C24H24ClN3O7S2. The van der Waals surface area contributed by atoms with Gasteiger partial charge in [-0.25, -0.2) is 27.1 Å². The molecule has 10 nitrogen and oxygen atoms in total. The van der Waals surface area contributed by atoms with Crippen LogP contribution in [0.1, 0.15) is 35.3 Å². The molecule has 0 bridgehead atoms. The van der Waals surface area contributed by atoms with Crippen LogP contribution in [0.4, 0.5) is 5.69 Å². The van der Waals surface area contributed by atoms with Crippen molar-refractivity contribution in [2.24, 2.45) is 10.3 Å². The second-order valence-corrected chi connectivity index (χ2v) is 12.6. The zero-order chi connectivity index (χ0) is 27.2. The summed E-state index contributed by atoms with van der Waals surface area (Å²) in [6.45, 7) is 4.24. The van der Waals surface area contributed by atoms with E-state index in [1.54, 1.807) is 12.1 Å². The average molecular weight is 566 g/mol. The Morgan fingerprint density at radius 3 is 2.30 bits per heavy atom. The van der Waals surface area contributed by atoms with Gasteiger partial charge in [-0.15, -0.1) is 0 Å². The number of hydrogen-bond donors (Lipinski definition) is 3. The molecule has 5 N–H and O–H groups in total. The molecule has 0 saturated carbocycles. The number of fused-ring (bicyclic) bond motifs is 1. The van der Waals surface area contributed by atoms with E-state index >= 15 is 0 Å². The Balaban J connectivity index is 1.50. The van der Waals surface area contributed by atoms with Gasteiger partial charge in [-0.05, 0) is 49.7 Å². The Bertz CT molecular complexity index is 1600. The Labute approximate surface area is 219 Å². The monoisotopic (exact) mass is 565 g/mol. The SMILES string of the molecule is CC1(C)Cc2cccc(OCc3ccc(C(=O)Nc4cc(Cl)c(S(N)(=O)=O)cc4S(N)(=O)=O)cc3)c2O1. The van der Waals surface area contributed by atoms with Crippen LogP contribution in [0.5, 0.6) is 11.5 Å². The molecule has 4 rings (SSSR count). The van der Waals surface area contributed by atoms with Crippen LogP contribution in [-0.2, 0) is 33.1 Å². The van der Waals surface area contributed by atoms with Crippen molar-refractivity contribution in [3.63, 3.8) is 0 Å². The smallest absolute Gasteiger partial charge is 0.255 e. The number of anilines is 1. The molecule has 3 aromatic carbocycles. The number of sulfonamides is 2. The molecule has 1 aliphatic rings. The Hall–Kier alpha value is -3.16. The van der Waals surface area contributed by atoms with Crippen LogP contribution in [-0.4, -0.2) is 28.3 Å². The lowest BCUT2D eigenvalue weighted by Crippen LogP contribution is -2.24. The van der Waals surface area contributed by atoms with Crippen LogP contribution in [0.15, 0.2) is 64.4 Å². The first-order valence-electron chi connectivity index (χ1n) is 10.9. The van der Waals surface area contributed by atoms with E-state index < -0.39 is 35.7 Å². The molecule has 0 atom stereocenters. The molecule has 196 valence electrons. The van der Waals surface area contributed by atoms with Gasteiger partial charge in [0.2, 0.25) is 20.0 Å². The standard InChI is InChI=1S/C24H24ClN3O7S2/c1-24(2)12-16-4-3-5-19(22(16)35-24)34-13-14-6-8-15(9-7-14)23(29)28-18-10-17(25)20(36(26,30)31)11-21(18)37(27,32)33/h3-11H,12-13H2,1-2H3,(H,28,29)(H2,26,30,31)(H2,27,32,33). The first-order valence-corrected chi connectivity index (χ1v) is 14.3. The maximum absolute atomic E-state index is 12.8. The summed E-state index contributed by atoms with van der Waals surface area (Å²) in [5, 5.41) is 12.3. The van der Waals surface area contributed by atoms with Gasteiger partial charge in [0.25, 0.3) is 5.91 Å². The van der Waals surface area contributed by atoms with E-state index in [9.17, 15) is 21.6 Å². The second kappa shape index (κ2) is 9.62. The van der Waals surface area contributed by atoms with Crippen molar-refractivity contribution in [3.05, 3.63) is 76.3 Å². The zero-order valence-electron chi connectivity index (χ0n) is 19.8. The van der Waals surface area contributed by atoms with Gasteiger partial charge in [0.05, 0.1) is 10.7 Å². The van der Waals surface area contributed by atoms with Crippen LogP contribution >= 0.6 is 11.6 Å². The van der Waals surface area contributed by atoms with Crippen molar-refractivity contribution in [1.82, 2.24) is 0 Å². The summed E-state index contributed by atoms with van der Waals surface area (Å²) in [6.07, 6.45) is 0.784. The first kappa shape index (κ1) is 26.9. The number of para-hydroxylation sites is 1. The molecule has 0 aliphatic carbocycles. The van der Waals surface area contributed by atoms with Gasteiger partial charge >= 0.3 is 0 Å². The quantitative estimate of drug-likeness (QED) is 0.395. The molecule has 0 spiro atoms. The third kappa shape index (κ3) is 6.05. The molecule has 0 fully saturated rings. The number of benzene rings is 3. The third-order valence-corrected chi connectivity index (χ3v) is 7.89. The minimum absolute atomic E-state index is 0.196. The van der Waals surface area contributed by atoms with Crippen molar-refractivity contribution in [3.8, 4) is 11.5 Å². The van der Waals surface area contributed by atoms with E-state index in [4.69, 9.17) is 31.4 Å². The first-order chi connectivity index (χ1) is 17.1. The molecule has 0 saturated heterocycles. The number of nitrogens with two attached hydrogens (primary N) is 2. The lowest BCUT2D eigenvalue weighted by Gasteiger charge is -2.18. The molecule has 0 radical (unpaired) electrons. The summed E-state index contributed by atoms with van der Waals surface area (Å²) < 4.78 is 59.4. The normalized spacial score (nSPS) is 14.5. The largest absolute Gasteiger partial charge is 0.485 e. The topological polar surface area (TPSA) is 168 Å². The van der Waals surface area contributed by atoms with Gasteiger partial charge in [0.15, 0.2) is 11.5 Å². The van der Waals surface area contributed by atoms with Gasteiger partial charge in [-0.3, -0.25) is 4.79 Å². The summed E-state index contributed by atoms with van der Waals surface area (Å²) >= 11 is 5.95. The lowest BCUT2D eigenvalue weighted by molar-refractivity contribution is 0.102. The van der Waals surface area contributed by atoms with E-state index in [0.29, 0.717) is 11.8 Å². The van der Waals surface area contributed by atoms with Crippen LogP contribution in [0, 0.1) is 0 Å². The number of halogens is 1. The number of hydrogen-bond acceptors (Lipinski definition) is 7. The lowest BCUT2D eigenvalue weighted by atomic mass is 10.0. The maximum atomic E-state index is 12.8. The van der Waals surface area contributed by atoms with Gasteiger partial charge < -0.3 is 14.8 Å². The minimum atomic E-state index is -4.43. The molecule has 0 aromatic heterocycles. The van der Waals surface area contributed by atoms with Gasteiger partial charge in [0.1, 0.15) is 22.0 Å². The van der Waals surface area contributed by atoms with E-state index in [0.717, 1.165) is 29.4 Å². The van der Waals surface area contributed by atoms with Crippen molar-refractivity contribution in [2.45, 2.75) is 42.3 Å².